The molecule has 0 saturated heterocycles. The van der Waals surface area contributed by atoms with Gasteiger partial charge in [0.1, 0.15) is 18.3 Å². The maximum atomic E-state index is 14.6. The molecule has 0 spiro atoms. The number of carbonyl (C=O) groups is 2. The predicted octanol–water partition coefficient (Wildman–Crippen LogP) is 5.67. The lowest BCUT2D eigenvalue weighted by molar-refractivity contribution is -0.140. The summed E-state index contributed by atoms with van der Waals surface area (Å²) in [5.41, 5.74) is 3.75. The van der Waals surface area contributed by atoms with Crippen LogP contribution < -0.4 is 14.4 Å². The number of nitrogens with zero attached hydrogens (tertiary/aromatic N) is 2. The molecule has 1 N–H and O–H groups in total. The molecule has 0 aliphatic rings. The van der Waals surface area contributed by atoms with Gasteiger partial charge in [-0.05, 0) is 61.2 Å². The molecule has 0 aliphatic carbocycles. The number of aryl methyl sites for hydroxylation is 2. The van der Waals surface area contributed by atoms with Gasteiger partial charge in [-0.25, -0.2) is 8.42 Å². The molecule has 0 heterocycles. The maximum Gasteiger partial charge on any atom is 0.264 e. The van der Waals surface area contributed by atoms with E-state index in [1.807, 2.05) is 81.4 Å². The van der Waals surface area contributed by atoms with Gasteiger partial charge >= 0.3 is 0 Å². The minimum absolute atomic E-state index is 0.0353. The van der Waals surface area contributed by atoms with Crippen LogP contribution in [-0.2, 0) is 32.6 Å². The van der Waals surface area contributed by atoms with E-state index in [2.05, 4.69) is 5.32 Å². The molecule has 9 heteroatoms. The fourth-order valence-electron chi connectivity index (χ4n) is 5.16. The van der Waals surface area contributed by atoms with Crippen molar-refractivity contribution in [1.29, 1.82) is 0 Å². The lowest BCUT2D eigenvalue weighted by Gasteiger charge is -2.34. The van der Waals surface area contributed by atoms with Crippen molar-refractivity contribution in [2.24, 2.45) is 0 Å². The number of nitrogens with one attached hydrogen (secondary N) is 1. The normalized spacial score (nSPS) is 11.8. The molecule has 8 nitrogen and oxygen atoms in total. The molecule has 0 fully saturated rings. The van der Waals surface area contributed by atoms with Gasteiger partial charge < -0.3 is 15.0 Å². The summed E-state index contributed by atoms with van der Waals surface area (Å²) in [6, 6.07) is 29.5. The summed E-state index contributed by atoms with van der Waals surface area (Å²) in [6.45, 7) is 5.78. The molecule has 0 saturated carbocycles. The number of methoxy groups -OCH3 is 1. The summed E-state index contributed by atoms with van der Waals surface area (Å²) in [7, 11) is -2.77. The molecule has 4 aromatic carbocycles. The van der Waals surface area contributed by atoms with Crippen LogP contribution in [0.15, 0.2) is 108 Å². The first kappa shape index (κ1) is 33.3. The number of carbonyl (C=O) groups excluding carboxylic acids is 2. The molecule has 1 atom stereocenters. The van der Waals surface area contributed by atoms with Crippen molar-refractivity contribution in [3.63, 3.8) is 0 Å². The monoisotopic (exact) mass is 627 g/mol. The first-order chi connectivity index (χ1) is 21.6. The lowest BCUT2D eigenvalue weighted by atomic mass is 10.0. The quantitative estimate of drug-likeness (QED) is 0.194. The third kappa shape index (κ3) is 8.51. The van der Waals surface area contributed by atoms with Crippen LogP contribution in [0.25, 0.3) is 0 Å². The van der Waals surface area contributed by atoms with Crippen LogP contribution in [0.2, 0.25) is 0 Å². The molecule has 236 valence electrons. The van der Waals surface area contributed by atoms with Crippen molar-refractivity contribution < 1.29 is 22.7 Å². The lowest BCUT2D eigenvalue weighted by Crippen LogP contribution is -2.53. The fourth-order valence-corrected chi connectivity index (χ4v) is 6.59. The molecular weight excluding hydrogens is 586 g/mol. The van der Waals surface area contributed by atoms with E-state index in [1.165, 1.54) is 24.1 Å². The van der Waals surface area contributed by atoms with E-state index in [4.69, 9.17) is 4.74 Å². The summed E-state index contributed by atoms with van der Waals surface area (Å²) >= 11 is 0. The number of benzene rings is 4. The Balaban J connectivity index is 1.84. The molecule has 0 bridgehead atoms. The van der Waals surface area contributed by atoms with Crippen LogP contribution in [0.4, 0.5) is 5.69 Å². The van der Waals surface area contributed by atoms with Crippen LogP contribution in [0.5, 0.6) is 5.75 Å². The molecule has 0 aromatic heterocycles. The van der Waals surface area contributed by atoms with Gasteiger partial charge in [0.15, 0.2) is 0 Å². The second kappa shape index (κ2) is 15.4. The number of amides is 2. The van der Waals surface area contributed by atoms with Crippen LogP contribution in [0.1, 0.15) is 35.6 Å². The van der Waals surface area contributed by atoms with Crippen LogP contribution >= 0.6 is 0 Å². The zero-order valence-electron chi connectivity index (χ0n) is 26.3. The van der Waals surface area contributed by atoms with E-state index in [0.717, 1.165) is 33.0 Å². The standard InChI is InChI=1S/C36H41N3O5S/c1-5-21-37-36(41)33(24-29-14-8-6-9-15-29)38(25-30-16-12-13-27(2)22-30)35(40)26-39(32-23-28(3)19-20-34(32)44-4)45(42,43)31-17-10-7-11-18-31/h6-20,22-23,33H,5,21,24-26H2,1-4H3,(H,37,41)/t33-/m1/s1. The Bertz CT molecular complexity index is 1690. The second-order valence-electron chi connectivity index (χ2n) is 11.0. The predicted molar refractivity (Wildman–Crippen MR) is 178 cm³/mol. The Hall–Kier alpha value is -4.63. The first-order valence-electron chi connectivity index (χ1n) is 15.0. The average Bonchev–Trinajstić information content (AvgIpc) is 3.04. The number of hydrogen-bond donors (Lipinski definition) is 1. The average molecular weight is 628 g/mol. The second-order valence-corrected chi connectivity index (χ2v) is 12.9. The highest BCUT2D eigenvalue weighted by Crippen LogP contribution is 2.34. The maximum absolute atomic E-state index is 14.6. The SMILES string of the molecule is CCCNC(=O)[C@@H](Cc1ccccc1)N(Cc1cccc(C)c1)C(=O)CN(c1cc(C)ccc1OC)S(=O)(=O)c1ccccc1. The van der Waals surface area contributed by atoms with E-state index in [9.17, 15) is 18.0 Å². The van der Waals surface area contributed by atoms with Gasteiger partial charge in [0.25, 0.3) is 10.0 Å². The summed E-state index contributed by atoms with van der Waals surface area (Å²) in [6.07, 6.45) is 0.985. The molecular formula is C36H41N3O5S. The minimum atomic E-state index is -4.23. The molecule has 0 aliphatic heterocycles. The highest BCUT2D eigenvalue weighted by atomic mass is 32.2. The van der Waals surface area contributed by atoms with Crippen molar-refractivity contribution in [1.82, 2.24) is 10.2 Å². The fraction of sp³-hybridized carbons (Fsp3) is 0.278. The largest absolute Gasteiger partial charge is 0.495 e. The third-order valence-electron chi connectivity index (χ3n) is 7.47. The molecule has 4 aromatic rings. The summed E-state index contributed by atoms with van der Waals surface area (Å²) in [5.74, 6) is -0.515. The number of anilines is 1. The van der Waals surface area contributed by atoms with E-state index in [-0.39, 0.29) is 29.5 Å². The van der Waals surface area contributed by atoms with E-state index >= 15 is 0 Å². The third-order valence-corrected chi connectivity index (χ3v) is 9.24. The van der Waals surface area contributed by atoms with Gasteiger partial charge in [-0.2, -0.15) is 0 Å². The van der Waals surface area contributed by atoms with E-state index in [1.54, 1.807) is 30.3 Å². The van der Waals surface area contributed by atoms with Gasteiger partial charge in [0, 0.05) is 19.5 Å². The molecule has 2 amide bonds. The van der Waals surface area contributed by atoms with Crippen molar-refractivity contribution in [3.8, 4) is 5.75 Å². The molecule has 4 rings (SSSR count). The Morgan fingerprint density at radius 3 is 2.11 bits per heavy atom. The molecule has 0 radical (unpaired) electrons. The molecule has 0 unspecified atom stereocenters. The van der Waals surface area contributed by atoms with E-state index in [0.29, 0.717) is 12.3 Å². The number of rotatable bonds is 14. The van der Waals surface area contributed by atoms with Gasteiger partial charge in [0.2, 0.25) is 11.8 Å². The van der Waals surface area contributed by atoms with Crippen LogP contribution in [0.3, 0.4) is 0 Å². The zero-order valence-corrected chi connectivity index (χ0v) is 27.1. The Labute approximate surface area is 266 Å². The number of ether oxygens (including phenoxy) is 1. The van der Waals surface area contributed by atoms with Crippen molar-refractivity contribution >= 4 is 27.5 Å². The first-order valence-corrected chi connectivity index (χ1v) is 16.5. The summed E-state index contributed by atoms with van der Waals surface area (Å²) < 4.78 is 35.1. The Morgan fingerprint density at radius 2 is 1.47 bits per heavy atom. The van der Waals surface area contributed by atoms with Crippen molar-refractivity contribution in [2.75, 3.05) is 24.5 Å². The Kier molecular flexibility index (Phi) is 11.4. The van der Waals surface area contributed by atoms with Gasteiger partial charge in [-0.3, -0.25) is 13.9 Å². The van der Waals surface area contributed by atoms with Crippen LogP contribution in [-0.4, -0.2) is 51.4 Å². The summed E-state index contributed by atoms with van der Waals surface area (Å²) in [4.78, 5) is 29.9. The smallest absolute Gasteiger partial charge is 0.264 e. The number of sulfonamides is 1. The van der Waals surface area contributed by atoms with Crippen LogP contribution in [0, 0.1) is 13.8 Å². The van der Waals surface area contributed by atoms with E-state index < -0.39 is 28.5 Å². The summed E-state index contributed by atoms with van der Waals surface area (Å²) in [5, 5.41) is 2.97. The zero-order chi connectivity index (χ0) is 32.4. The van der Waals surface area contributed by atoms with Gasteiger partial charge in [-0.1, -0.05) is 91.3 Å². The highest BCUT2D eigenvalue weighted by Gasteiger charge is 2.35. The van der Waals surface area contributed by atoms with Gasteiger partial charge in [0.05, 0.1) is 17.7 Å². The molecule has 45 heavy (non-hydrogen) atoms. The highest BCUT2D eigenvalue weighted by molar-refractivity contribution is 7.92. The van der Waals surface area contributed by atoms with Crippen molar-refractivity contribution in [3.05, 3.63) is 125 Å². The minimum Gasteiger partial charge on any atom is -0.495 e. The van der Waals surface area contributed by atoms with Crippen molar-refractivity contribution in [2.45, 2.75) is 51.1 Å². The Morgan fingerprint density at radius 1 is 0.822 bits per heavy atom. The topological polar surface area (TPSA) is 96.0 Å². The van der Waals surface area contributed by atoms with Gasteiger partial charge in [-0.15, -0.1) is 0 Å². The number of hydrogen-bond acceptors (Lipinski definition) is 5.